The molecule has 0 radical (unpaired) electrons. The molecule has 0 amide bonds. The third-order valence-corrected chi connectivity index (χ3v) is 3.03. The van der Waals surface area contributed by atoms with Gasteiger partial charge in [-0.3, -0.25) is 0 Å². The molecule has 0 N–H and O–H groups in total. The van der Waals surface area contributed by atoms with Gasteiger partial charge >= 0.3 is 0 Å². The first-order valence-corrected chi connectivity index (χ1v) is 6.38. The van der Waals surface area contributed by atoms with Crippen LogP contribution in [0, 0.1) is 0 Å². The van der Waals surface area contributed by atoms with Crippen LogP contribution in [0.3, 0.4) is 0 Å². The van der Waals surface area contributed by atoms with Crippen LogP contribution in [0.5, 0.6) is 0 Å². The Morgan fingerprint density at radius 2 is 2.11 bits per heavy atom. The summed E-state index contributed by atoms with van der Waals surface area (Å²) < 4.78 is 21.9. The van der Waals surface area contributed by atoms with Crippen LogP contribution in [0.25, 0.3) is 0 Å². The van der Waals surface area contributed by atoms with E-state index in [9.17, 15) is 0 Å². The van der Waals surface area contributed by atoms with E-state index in [1.54, 1.807) is 30.5 Å². The van der Waals surface area contributed by atoms with Crippen molar-refractivity contribution in [3.05, 3.63) is 47.2 Å². The van der Waals surface area contributed by atoms with Gasteiger partial charge in [0.15, 0.2) is 5.67 Å². The molecule has 1 aromatic heterocycles. The second kappa shape index (κ2) is 6.12. The standard InChI is InChI=1S/C13H15ClFN3O/c1-2-19-10-13(15,9-18-8-7-16-17-18)11-3-5-12(14)6-4-11/h3-8H,2,9-10H2,1H3. The predicted octanol–water partition coefficient (Wildman–Crippen LogP) is 2.83. The number of hydrogen-bond acceptors (Lipinski definition) is 3. The molecule has 102 valence electrons. The van der Waals surface area contributed by atoms with Crippen molar-refractivity contribution < 1.29 is 9.13 Å². The molecule has 0 saturated carbocycles. The van der Waals surface area contributed by atoms with E-state index in [1.807, 2.05) is 6.92 Å². The Balaban J connectivity index is 2.25. The Morgan fingerprint density at radius 3 is 2.68 bits per heavy atom. The highest BCUT2D eigenvalue weighted by Crippen LogP contribution is 2.29. The normalized spacial score (nSPS) is 14.3. The van der Waals surface area contributed by atoms with E-state index in [4.69, 9.17) is 16.3 Å². The van der Waals surface area contributed by atoms with E-state index in [-0.39, 0.29) is 13.2 Å². The van der Waals surface area contributed by atoms with Crippen LogP contribution in [-0.4, -0.2) is 28.2 Å². The van der Waals surface area contributed by atoms with Crippen LogP contribution < -0.4 is 0 Å². The SMILES string of the molecule is CCOCC(F)(Cn1ccnn1)c1ccc(Cl)cc1. The largest absolute Gasteiger partial charge is 0.378 e. The summed E-state index contributed by atoms with van der Waals surface area (Å²) in [4.78, 5) is 0. The lowest BCUT2D eigenvalue weighted by molar-refractivity contribution is 0.00300. The summed E-state index contributed by atoms with van der Waals surface area (Å²) in [5.74, 6) is 0. The molecule has 4 nitrogen and oxygen atoms in total. The van der Waals surface area contributed by atoms with Crippen molar-refractivity contribution in [3.63, 3.8) is 0 Å². The third kappa shape index (κ3) is 3.52. The molecule has 1 heterocycles. The summed E-state index contributed by atoms with van der Waals surface area (Å²) in [6.45, 7) is 2.30. The fourth-order valence-electron chi connectivity index (χ4n) is 1.81. The van der Waals surface area contributed by atoms with Gasteiger partial charge < -0.3 is 4.74 Å². The van der Waals surface area contributed by atoms with Gasteiger partial charge in [-0.2, -0.15) is 0 Å². The fourth-order valence-corrected chi connectivity index (χ4v) is 1.93. The van der Waals surface area contributed by atoms with E-state index in [0.717, 1.165) is 0 Å². The van der Waals surface area contributed by atoms with E-state index >= 15 is 4.39 Å². The summed E-state index contributed by atoms with van der Waals surface area (Å²) in [6, 6.07) is 6.66. The summed E-state index contributed by atoms with van der Waals surface area (Å²) >= 11 is 5.83. The van der Waals surface area contributed by atoms with Gasteiger partial charge in [-0.05, 0) is 24.6 Å². The smallest absolute Gasteiger partial charge is 0.178 e. The molecule has 0 fully saturated rings. The maximum absolute atomic E-state index is 15.1. The molecule has 0 saturated heterocycles. The Labute approximate surface area is 116 Å². The van der Waals surface area contributed by atoms with Crippen LogP contribution >= 0.6 is 11.6 Å². The number of nitrogens with zero attached hydrogens (tertiary/aromatic N) is 3. The molecule has 0 spiro atoms. The van der Waals surface area contributed by atoms with Gasteiger partial charge in [0.2, 0.25) is 0 Å². The van der Waals surface area contributed by atoms with Crippen LogP contribution in [0.4, 0.5) is 4.39 Å². The van der Waals surface area contributed by atoms with Crippen molar-refractivity contribution in [3.8, 4) is 0 Å². The van der Waals surface area contributed by atoms with Gasteiger partial charge in [0, 0.05) is 17.8 Å². The Hall–Kier alpha value is -1.46. The fraction of sp³-hybridized carbons (Fsp3) is 0.385. The van der Waals surface area contributed by atoms with Gasteiger partial charge in [-0.25, -0.2) is 9.07 Å². The summed E-state index contributed by atoms with van der Waals surface area (Å²) in [5.41, 5.74) is -1.14. The molecule has 0 bridgehead atoms. The molecular weight excluding hydrogens is 269 g/mol. The molecule has 2 rings (SSSR count). The number of aromatic nitrogens is 3. The van der Waals surface area contributed by atoms with Crippen molar-refractivity contribution in [1.82, 2.24) is 15.0 Å². The van der Waals surface area contributed by atoms with Gasteiger partial charge in [0.25, 0.3) is 0 Å². The molecule has 1 atom stereocenters. The lowest BCUT2D eigenvalue weighted by Crippen LogP contribution is -2.32. The average Bonchev–Trinajstić information content (AvgIpc) is 2.90. The average molecular weight is 284 g/mol. The summed E-state index contributed by atoms with van der Waals surface area (Å²) in [7, 11) is 0. The van der Waals surface area contributed by atoms with Gasteiger partial charge in [0.05, 0.1) is 19.3 Å². The highest BCUT2D eigenvalue weighted by Gasteiger charge is 2.33. The Bertz CT molecular complexity index is 503. The van der Waals surface area contributed by atoms with Crippen LogP contribution in [0.15, 0.2) is 36.7 Å². The molecule has 0 aliphatic carbocycles. The summed E-state index contributed by atoms with van der Waals surface area (Å²) in [6.07, 6.45) is 3.14. The first kappa shape index (κ1) is 14.0. The minimum absolute atomic E-state index is 0.0367. The van der Waals surface area contributed by atoms with Crippen molar-refractivity contribution in [2.24, 2.45) is 0 Å². The number of halogens is 2. The number of alkyl halides is 1. The zero-order chi connectivity index (χ0) is 13.7. The van der Waals surface area contributed by atoms with E-state index in [1.165, 1.54) is 10.9 Å². The monoisotopic (exact) mass is 283 g/mol. The number of ether oxygens (including phenoxy) is 1. The molecular formula is C13H15ClFN3O. The number of rotatable bonds is 6. The Kier molecular flexibility index (Phi) is 4.50. The molecule has 1 unspecified atom stereocenters. The van der Waals surface area contributed by atoms with Crippen molar-refractivity contribution in [2.45, 2.75) is 19.1 Å². The maximum atomic E-state index is 15.1. The molecule has 0 aliphatic heterocycles. The first-order valence-electron chi connectivity index (χ1n) is 6.01. The second-order valence-electron chi connectivity index (χ2n) is 4.21. The zero-order valence-corrected chi connectivity index (χ0v) is 11.3. The molecule has 0 aliphatic rings. The lowest BCUT2D eigenvalue weighted by atomic mass is 9.96. The van der Waals surface area contributed by atoms with Crippen LogP contribution in [-0.2, 0) is 17.0 Å². The predicted molar refractivity (Wildman–Crippen MR) is 70.8 cm³/mol. The van der Waals surface area contributed by atoms with Gasteiger partial charge in [-0.15, -0.1) is 5.10 Å². The van der Waals surface area contributed by atoms with Crippen molar-refractivity contribution in [2.75, 3.05) is 13.2 Å². The third-order valence-electron chi connectivity index (χ3n) is 2.78. The summed E-state index contributed by atoms with van der Waals surface area (Å²) in [5, 5.41) is 8.05. The quantitative estimate of drug-likeness (QED) is 0.818. The van der Waals surface area contributed by atoms with E-state index < -0.39 is 5.67 Å². The minimum atomic E-state index is -1.66. The number of benzene rings is 1. The molecule has 19 heavy (non-hydrogen) atoms. The van der Waals surface area contributed by atoms with Crippen LogP contribution in [0.2, 0.25) is 5.02 Å². The van der Waals surface area contributed by atoms with Crippen LogP contribution in [0.1, 0.15) is 12.5 Å². The topological polar surface area (TPSA) is 39.9 Å². The molecule has 6 heteroatoms. The van der Waals surface area contributed by atoms with E-state index in [0.29, 0.717) is 17.2 Å². The van der Waals surface area contributed by atoms with Crippen molar-refractivity contribution in [1.29, 1.82) is 0 Å². The van der Waals surface area contributed by atoms with Gasteiger partial charge in [-0.1, -0.05) is 28.9 Å². The maximum Gasteiger partial charge on any atom is 0.178 e. The van der Waals surface area contributed by atoms with Gasteiger partial charge in [0.1, 0.15) is 0 Å². The first-order chi connectivity index (χ1) is 9.14. The van der Waals surface area contributed by atoms with Crippen molar-refractivity contribution >= 4 is 11.6 Å². The highest BCUT2D eigenvalue weighted by molar-refractivity contribution is 6.30. The number of hydrogen-bond donors (Lipinski definition) is 0. The van der Waals surface area contributed by atoms with E-state index in [2.05, 4.69) is 10.3 Å². The second-order valence-corrected chi connectivity index (χ2v) is 4.65. The molecule has 2 aromatic rings. The Morgan fingerprint density at radius 1 is 1.37 bits per heavy atom. The minimum Gasteiger partial charge on any atom is -0.378 e. The lowest BCUT2D eigenvalue weighted by Gasteiger charge is -2.25. The highest BCUT2D eigenvalue weighted by atomic mass is 35.5. The zero-order valence-electron chi connectivity index (χ0n) is 10.6. The molecule has 1 aromatic carbocycles.